The number of thioether (sulfide) groups is 1. The number of H-pyrrole nitrogens is 1. The average Bonchev–Trinajstić information content (AvgIpc) is 3.93. The summed E-state index contributed by atoms with van der Waals surface area (Å²) in [6, 6.07) is -12.5. The number of amides is 9. The number of primary amides is 1. The van der Waals surface area contributed by atoms with Crippen LogP contribution in [0.3, 0.4) is 0 Å². The van der Waals surface area contributed by atoms with Gasteiger partial charge in [0, 0.05) is 24.9 Å². The largest absolute Gasteiger partial charge is 0.480 e. The number of aliphatic hydroxyl groups is 1. The number of hydrogen-bond acceptors (Lipinski definition) is 18. The number of aromatic nitrogens is 2. The molecule has 0 radical (unpaired) electrons. The second-order valence-corrected chi connectivity index (χ2v) is 19.9. The number of carboxylic acids is 1. The van der Waals surface area contributed by atoms with E-state index in [9.17, 15) is 58.2 Å². The first-order valence-corrected chi connectivity index (χ1v) is 27.9. The molecule has 0 saturated carbocycles. The number of carbonyl (C=O) groups is 10. The summed E-state index contributed by atoms with van der Waals surface area (Å²) >= 11 is 1.44. The number of aliphatic imine (C=N–C) groups is 1. The topological polar surface area (TPSA) is 531 Å². The lowest BCUT2D eigenvalue weighted by Gasteiger charge is -2.28. The van der Waals surface area contributed by atoms with E-state index in [4.69, 9.17) is 40.1 Å². The second-order valence-electron chi connectivity index (χ2n) is 19.0. The van der Waals surface area contributed by atoms with E-state index in [1.807, 2.05) is 6.26 Å². The van der Waals surface area contributed by atoms with Crippen LogP contribution in [0, 0.1) is 5.92 Å². The van der Waals surface area contributed by atoms with Crippen LogP contribution in [0.4, 0.5) is 0 Å². The number of imidazole rings is 1. The van der Waals surface area contributed by atoms with Gasteiger partial charge in [-0.2, -0.15) is 11.8 Å². The normalized spacial score (nSPS) is 14.9. The summed E-state index contributed by atoms with van der Waals surface area (Å²) in [7, 11) is 0. The summed E-state index contributed by atoms with van der Waals surface area (Å²) in [5.41, 5.74) is 39.9. The maximum atomic E-state index is 14.2. The van der Waals surface area contributed by atoms with Crippen LogP contribution in [0.2, 0.25) is 0 Å². The fourth-order valence-electron chi connectivity index (χ4n) is 7.71. The minimum atomic E-state index is -1.72. The quantitative estimate of drug-likeness (QED) is 0.0165. The monoisotopic (exact) mass is 1140 g/mol. The number of guanidine groups is 1. The average molecular weight is 1140 g/mol. The molecule has 9 amide bonds. The molecule has 1 heterocycles. The lowest BCUT2D eigenvalue weighted by molar-refractivity contribution is -0.144. The molecule has 10 atom stereocenters. The Kier molecular flexibility index (Phi) is 35.3. The summed E-state index contributed by atoms with van der Waals surface area (Å²) in [4.78, 5) is 146. The van der Waals surface area contributed by atoms with Gasteiger partial charge in [0.2, 0.25) is 53.2 Å². The van der Waals surface area contributed by atoms with Gasteiger partial charge in [-0.25, -0.2) is 9.78 Å². The van der Waals surface area contributed by atoms with Gasteiger partial charge in [0.05, 0.1) is 25.4 Å². The first-order chi connectivity index (χ1) is 37.6. The molecule has 1 aromatic rings. The molecule has 448 valence electrons. The van der Waals surface area contributed by atoms with Crippen LogP contribution < -0.4 is 82.7 Å². The summed E-state index contributed by atoms with van der Waals surface area (Å²) in [6.45, 7) is 3.14. The molecule has 0 aliphatic rings. The molecular weight excluding hydrogens is 1050 g/mol. The first kappa shape index (κ1) is 70.3. The van der Waals surface area contributed by atoms with Gasteiger partial charge in [-0.05, 0) is 115 Å². The Hall–Kier alpha value is -6.67. The van der Waals surface area contributed by atoms with Crippen molar-refractivity contribution in [3.63, 3.8) is 0 Å². The highest BCUT2D eigenvalue weighted by atomic mass is 32.2. The fourth-order valence-corrected chi connectivity index (χ4v) is 8.20. The van der Waals surface area contributed by atoms with Crippen molar-refractivity contribution in [1.82, 2.24) is 52.5 Å². The van der Waals surface area contributed by atoms with Crippen molar-refractivity contribution in [3.05, 3.63) is 18.2 Å². The van der Waals surface area contributed by atoms with Crippen molar-refractivity contribution in [1.29, 1.82) is 0 Å². The Labute approximate surface area is 464 Å². The zero-order valence-electron chi connectivity index (χ0n) is 45.6. The summed E-state index contributed by atoms with van der Waals surface area (Å²) in [6.07, 6.45) is 6.51. The van der Waals surface area contributed by atoms with Gasteiger partial charge in [-0.3, -0.25) is 48.1 Å². The molecule has 0 bridgehead atoms. The van der Waals surface area contributed by atoms with Crippen molar-refractivity contribution in [2.24, 2.45) is 51.0 Å². The number of carboxylic acid groups (broad SMARTS) is 1. The van der Waals surface area contributed by atoms with Crippen LogP contribution in [-0.4, -0.2) is 184 Å². The van der Waals surface area contributed by atoms with Gasteiger partial charge in [-0.15, -0.1) is 0 Å². The Morgan fingerprint density at radius 2 is 1.03 bits per heavy atom. The number of nitrogens with zero attached hydrogens (tertiary/aromatic N) is 2. The number of nitrogens with one attached hydrogen (secondary N) is 9. The van der Waals surface area contributed by atoms with Crippen LogP contribution in [0.25, 0.3) is 0 Å². The summed E-state index contributed by atoms with van der Waals surface area (Å²) in [5, 5.41) is 40.6. The number of hydrogen-bond donors (Lipinski definition) is 18. The molecular formula is C48H88N18O12S. The maximum absolute atomic E-state index is 14.2. The third-order valence-electron chi connectivity index (χ3n) is 12.5. The Bertz CT molecular complexity index is 2100. The molecule has 25 N–H and O–H groups in total. The number of aliphatic carboxylic acids is 1. The fraction of sp³-hybridized carbons (Fsp3) is 0.708. The van der Waals surface area contributed by atoms with Crippen LogP contribution in [0.5, 0.6) is 0 Å². The van der Waals surface area contributed by atoms with Crippen LogP contribution >= 0.6 is 11.8 Å². The molecule has 31 heteroatoms. The van der Waals surface area contributed by atoms with Crippen molar-refractivity contribution < 1.29 is 58.2 Å². The molecule has 0 aromatic carbocycles. The molecule has 79 heavy (non-hydrogen) atoms. The standard InChI is InChI=1S/C48H88N18O12S/c1-4-27(2)38(47(77)78)66-43(73)33(15-11-20-57-48(54)55)60-40(70)30(12-5-8-17-49)59-41(71)31(13-6-9-18-50)62-46(76)36(25-67)65-42(72)32(14-7-10-19-51)61-44(74)34(22-28-24-56-26-58-28)64-45(75)35(23-37(53)68)63-39(69)29(52)16-21-79-3/h24,26-27,29-36,38,67H,4-23,25,49-52H2,1-3H3,(H2,53,68)(H,56,58)(H,59,71)(H,60,70)(H,61,74)(H,62,76)(H,63,69)(H,64,75)(H,65,72)(H,66,73)(H,77,78)(H4,54,55,57)/t27-,29-,30-,31-,32-,33-,34-,35-,36-,38-/m0/s1. The number of aromatic amines is 1. The Balaban J connectivity index is 3.52. The smallest absolute Gasteiger partial charge is 0.326 e. The van der Waals surface area contributed by atoms with E-state index in [0.29, 0.717) is 50.0 Å². The molecule has 0 fully saturated rings. The van der Waals surface area contributed by atoms with Crippen molar-refractivity contribution in [3.8, 4) is 0 Å². The van der Waals surface area contributed by atoms with Crippen molar-refractivity contribution in [2.45, 2.75) is 165 Å². The van der Waals surface area contributed by atoms with Crippen LogP contribution in [0.1, 0.15) is 109 Å². The van der Waals surface area contributed by atoms with E-state index in [1.165, 1.54) is 24.3 Å². The minimum absolute atomic E-state index is 0.0158. The zero-order valence-corrected chi connectivity index (χ0v) is 46.4. The highest BCUT2D eigenvalue weighted by Crippen LogP contribution is 2.12. The lowest BCUT2D eigenvalue weighted by atomic mass is 9.98. The molecule has 1 rings (SSSR count). The minimum Gasteiger partial charge on any atom is -0.480 e. The molecule has 0 aliphatic heterocycles. The van der Waals surface area contributed by atoms with Gasteiger partial charge in [0.25, 0.3) is 0 Å². The zero-order chi connectivity index (χ0) is 59.5. The number of nitrogens with two attached hydrogens (primary N) is 7. The van der Waals surface area contributed by atoms with Crippen LogP contribution in [0.15, 0.2) is 17.5 Å². The number of carbonyl (C=O) groups excluding carboxylic acids is 9. The van der Waals surface area contributed by atoms with E-state index in [0.717, 1.165) is 0 Å². The molecule has 0 unspecified atom stereocenters. The van der Waals surface area contributed by atoms with Crippen molar-refractivity contribution in [2.75, 3.05) is 44.8 Å². The third kappa shape index (κ3) is 28.2. The van der Waals surface area contributed by atoms with Gasteiger partial charge in [-0.1, -0.05) is 20.3 Å². The van der Waals surface area contributed by atoms with Crippen molar-refractivity contribution >= 4 is 76.9 Å². The van der Waals surface area contributed by atoms with E-state index >= 15 is 0 Å². The number of rotatable bonds is 43. The van der Waals surface area contributed by atoms with Crippen LogP contribution in [-0.2, 0) is 54.4 Å². The first-order valence-electron chi connectivity index (χ1n) is 26.5. The highest BCUT2D eigenvalue weighted by molar-refractivity contribution is 7.98. The lowest BCUT2D eigenvalue weighted by Crippen LogP contribution is -2.61. The molecule has 1 aromatic heterocycles. The predicted molar refractivity (Wildman–Crippen MR) is 295 cm³/mol. The molecule has 0 aliphatic carbocycles. The van der Waals surface area contributed by atoms with E-state index in [-0.39, 0.29) is 83.5 Å². The molecule has 0 saturated heterocycles. The number of aliphatic hydroxyl groups excluding tert-OH is 1. The Morgan fingerprint density at radius 3 is 1.43 bits per heavy atom. The SMILES string of the molecule is CC[C@H](C)[C@H](NC(=O)[C@H](CCCN=C(N)N)NC(=O)[C@H](CCCCN)NC(=O)[C@H](CCCCN)NC(=O)[C@H](CO)NC(=O)[C@H](CCCCN)NC(=O)[C@H](Cc1cnc[nH]1)NC(=O)[C@H](CC(N)=O)NC(=O)[C@@H](N)CCSC)C(=O)O. The third-order valence-corrected chi connectivity index (χ3v) is 13.2. The number of unbranched alkanes of at least 4 members (excludes halogenated alkanes) is 3. The Morgan fingerprint density at radius 1 is 0.608 bits per heavy atom. The molecule has 30 nitrogen and oxygen atoms in total. The van der Waals surface area contributed by atoms with Gasteiger partial charge >= 0.3 is 5.97 Å². The predicted octanol–water partition coefficient (Wildman–Crippen LogP) is -5.65. The summed E-state index contributed by atoms with van der Waals surface area (Å²) in [5.74, 6) is -9.50. The van der Waals surface area contributed by atoms with E-state index in [1.54, 1.807) is 13.8 Å². The van der Waals surface area contributed by atoms with Gasteiger partial charge < -0.3 is 97.9 Å². The maximum Gasteiger partial charge on any atom is 0.326 e. The second kappa shape index (κ2) is 39.7. The van der Waals surface area contributed by atoms with Gasteiger partial charge in [0.1, 0.15) is 48.3 Å². The summed E-state index contributed by atoms with van der Waals surface area (Å²) < 4.78 is 0. The highest BCUT2D eigenvalue weighted by Gasteiger charge is 2.36. The van der Waals surface area contributed by atoms with E-state index < -0.39 is 132 Å². The molecule has 0 spiro atoms. The van der Waals surface area contributed by atoms with Gasteiger partial charge in [0.15, 0.2) is 5.96 Å². The van der Waals surface area contributed by atoms with E-state index in [2.05, 4.69) is 57.5 Å².